The van der Waals surface area contributed by atoms with E-state index < -0.39 is 33.7 Å². The Morgan fingerprint density at radius 3 is 1.40 bits per heavy atom. The molecule has 0 heterocycles. The zero-order valence-corrected chi connectivity index (χ0v) is 15.7. The number of carbonyl (C=O) groups is 2. The third-order valence-corrected chi connectivity index (χ3v) is 5.81. The van der Waals surface area contributed by atoms with Crippen LogP contribution in [0.5, 0.6) is 0 Å². The van der Waals surface area contributed by atoms with Crippen LogP contribution >= 0.6 is 0 Å². The maximum atomic E-state index is 11.2. The van der Waals surface area contributed by atoms with Crippen LogP contribution in [0.2, 0.25) is 0 Å². The number of carboxylic acids is 2. The molecule has 25 heavy (non-hydrogen) atoms. The molecule has 0 radical (unpaired) electrons. The van der Waals surface area contributed by atoms with Crippen LogP contribution in [0.15, 0.2) is 60.7 Å². The summed E-state index contributed by atoms with van der Waals surface area (Å²) in [6, 6.07) is 19.2. The Balaban J connectivity index is 2.09. The first-order valence-electron chi connectivity index (χ1n) is 7.69. The van der Waals surface area contributed by atoms with E-state index in [1.807, 2.05) is 66.9 Å². The number of carboxylic acid groups (broad SMARTS) is 2. The van der Waals surface area contributed by atoms with E-state index in [2.05, 4.69) is 0 Å². The van der Waals surface area contributed by atoms with E-state index in [1.54, 1.807) is 0 Å². The predicted octanol–water partition coefficient (Wildman–Crippen LogP) is -0.921. The summed E-state index contributed by atoms with van der Waals surface area (Å²) in [5, 5.41) is 18.4. The molecule has 0 aromatic heterocycles. The van der Waals surface area contributed by atoms with Crippen molar-refractivity contribution in [2.75, 3.05) is 13.1 Å². The Kier molecular flexibility index (Phi) is 7.83. The van der Waals surface area contributed by atoms with E-state index in [9.17, 15) is 19.8 Å². The van der Waals surface area contributed by atoms with Crippen LogP contribution in [0.1, 0.15) is 11.1 Å². The molecular formula is C18H20IN2O4-. The fourth-order valence-corrected chi connectivity index (χ4v) is 5.07. The molecule has 0 aliphatic heterocycles. The summed E-state index contributed by atoms with van der Waals surface area (Å²) in [6.07, 6.45) is 0. The molecular weight excluding hydrogens is 435 g/mol. The fraction of sp³-hybridized carbons (Fsp3) is 0.222. The number of benzene rings is 2. The molecule has 0 amide bonds. The van der Waals surface area contributed by atoms with E-state index in [0.29, 0.717) is 13.1 Å². The van der Waals surface area contributed by atoms with Gasteiger partial charge >= 0.3 is 158 Å². The van der Waals surface area contributed by atoms with Crippen molar-refractivity contribution in [3.05, 3.63) is 71.8 Å². The molecule has 6 nitrogen and oxygen atoms in total. The number of rotatable bonds is 10. The summed E-state index contributed by atoms with van der Waals surface area (Å²) in [7, 11) is 0. The summed E-state index contributed by atoms with van der Waals surface area (Å²) in [5.74, 6) is -1.82. The van der Waals surface area contributed by atoms with E-state index >= 15 is 0 Å². The van der Waals surface area contributed by atoms with Crippen molar-refractivity contribution in [2.45, 2.75) is 13.1 Å². The molecule has 0 saturated carbocycles. The van der Waals surface area contributed by atoms with Gasteiger partial charge in [0.25, 0.3) is 0 Å². The SMILES string of the molecule is O=C(O)CN(Cc1ccccc1)[I-]N(CC(=O)O)Cc1ccccc1. The Hall–Kier alpha value is -1.97. The quantitative estimate of drug-likeness (QED) is 0.357. The van der Waals surface area contributed by atoms with E-state index in [-0.39, 0.29) is 13.1 Å². The maximum absolute atomic E-state index is 11.2. The van der Waals surface area contributed by atoms with Crippen molar-refractivity contribution >= 4 is 11.9 Å². The normalized spacial score (nSPS) is 11.1. The van der Waals surface area contributed by atoms with Gasteiger partial charge in [-0.15, -0.1) is 0 Å². The topological polar surface area (TPSA) is 81.1 Å². The summed E-state index contributed by atoms with van der Waals surface area (Å²) in [5.41, 5.74) is 2.02. The van der Waals surface area contributed by atoms with Crippen molar-refractivity contribution in [1.29, 1.82) is 0 Å². The Labute approximate surface area is 157 Å². The van der Waals surface area contributed by atoms with Crippen molar-refractivity contribution in [3.63, 3.8) is 0 Å². The van der Waals surface area contributed by atoms with Gasteiger partial charge in [0, 0.05) is 0 Å². The number of aliphatic carboxylic acids is 2. The molecule has 7 heteroatoms. The van der Waals surface area contributed by atoms with Crippen molar-refractivity contribution in [1.82, 2.24) is 6.23 Å². The summed E-state index contributed by atoms with van der Waals surface area (Å²) >= 11 is -0.921. The van der Waals surface area contributed by atoms with Crippen molar-refractivity contribution < 1.29 is 41.6 Å². The average Bonchev–Trinajstić information content (AvgIpc) is 2.55. The van der Waals surface area contributed by atoms with Crippen molar-refractivity contribution in [3.8, 4) is 0 Å². The van der Waals surface area contributed by atoms with Gasteiger partial charge in [0.15, 0.2) is 0 Å². The molecule has 134 valence electrons. The van der Waals surface area contributed by atoms with Gasteiger partial charge in [-0.3, -0.25) is 0 Å². The van der Waals surface area contributed by atoms with Crippen LogP contribution in [0.3, 0.4) is 0 Å². The van der Waals surface area contributed by atoms with Crippen LogP contribution in [0.4, 0.5) is 0 Å². The van der Waals surface area contributed by atoms with Gasteiger partial charge in [-0.1, -0.05) is 0 Å². The molecule has 0 bridgehead atoms. The summed E-state index contributed by atoms with van der Waals surface area (Å²) in [4.78, 5) is 22.4. The molecule has 0 aliphatic carbocycles. The second kappa shape index (κ2) is 10.1. The van der Waals surface area contributed by atoms with Gasteiger partial charge in [-0.2, -0.15) is 0 Å². The molecule has 2 N–H and O–H groups in total. The van der Waals surface area contributed by atoms with Crippen LogP contribution in [-0.4, -0.2) is 41.5 Å². The molecule has 0 unspecified atom stereocenters. The Morgan fingerprint density at radius 2 is 1.08 bits per heavy atom. The number of halogens is 1. The van der Waals surface area contributed by atoms with Gasteiger partial charge in [-0.25, -0.2) is 0 Å². The van der Waals surface area contributed by atoms with Gasteiger partial charge in [0.1, 0.15) is 0 Å². The van der Waals surface area contributed by atoms with Gasteiger partial charge in [0.05, 0.1) is 0 Å². The number of hydrogen-bond donors (Lipinski definition) is 2. The van der Waals surface area contributed by atoms with Crippen LogP contribution in [-0.2, 0) is 22.7 Å². The zero-order chi connectivity index (χ0) is 18.1. The van der Waals surface area contributed by atoms with Gasteiger partial charge in [0.2, 0.25) is 0 Å². The molecule has 0 atom stereocenters. The van der Waals surface area contributed by atoms with E-state index in [1.165, 1.54) is 0 Å². The molecule has 2 rings (SSSR count). The Bertz CT molecular complexity index is 622. The Morgan fingerprint density at radius 1 is 0.720 bits per heavy atom. The molecule has 0 saturated heterocycles. The van der Waals surface area contributed by atoms with Crippen molar-refractivity contribution in [2.24, 2.45) is 0 Å². The molecule has 2 aromatic rings. The number of hydrogen-bond acceptors (Lipinski definition) is 4. The minimum atomic E-state index is -0.921. The third kappa shape index (κ3) is 7.63. The zero-order valence-electron chi connectivity index (χ0n) is 13.6. The summed E-state index contributed by atoms with van der Waals surface area (Å²) < 4.78 is 3.67. The second-order valence-electron chi connectivity index (χ2n) is 5.39. The van der Waals surface area contributed by atoms with Gasteiger partial charge < -0.3 is 0 Å². The molecule has 2 aromatic carbocycles. The summed E-state index contributed by atoms with van der Waals surface area (Å²) in [6.45, 7) is 0.775. The van der Waals surface area contributed by atoms with Crippen LogP contribution < -0.4 is 21.8 Å². The van der Waals surface area contributed by atoms with Gasteiger partial charge in [-0.05, 0) is 0 Å². The second-order valence-corrected chi connectivity index (χ2v) is 8.55. The molecule has 0 aliphatic rings. The minimum absolute atomic E-state index is 0.104. The third-order valence-electron chi connectivity index (χ3n) is 3.22. The first kappa shape index (κ1) is 19.4. The van der Waals surface area contributed by atoms with E-state index in [0.717, 1.165) is 11.1 Å². The predicted molar refractivity (Wildman–Crippen MR) is 89.0 cm³/mol. The monoisotopic (exact) mass is 455 g/mol. The van der Waals surface area contributed by atoms with Crippen LogP contribution in [0, 0.1) is 0 Å². The number of nitrogens with zero attached hydrogens (tertiary/aromatic N) is 2. The first-order chi connectivity index (χ1) is 12.0. The van der Waals surface area contributed by atoms with Crippen LogP contribution in [0.25, 0.3) is 0 Å². The molecule has 0 fully saturated rings. The molecule has 0 spiro atoms. The fourth-order valence-electron chi connectivity index (χ4n) is 2.23. The standard InChI is InChI=1S/C18H20IN2O4/c22-17(23)13-20(11-15-7-3-1-4-8-15)19-21(14-18(24)25)12-16-9-5-2-6-10-16/h1-10H,11-14H2,(H,22,23)(H,24,25)/q-1. The van der Waals surface area contributed by atoms with E-state index in [4.69, 9.17) is 0 Å². The average molecular weight is 455 g/mol. The first-order valence-corrected chi connectivity index (χ1v) is 9.62.